The molecule has 0 aliphatic carbocycles. The minimum Gasteiger partial charge on any atom is -0.367 e. The number of aliphatic hydroxyl groups is 2. The minimum atomic E-state index is -1.57. The van der Waals surface area contributed by atoms with Crippen LogP contribution in [0.25, 0.3) is 0 Å². The van der Waals surface area contributed by atoms with Gasteiger partial charge in [-0.25, -0.2) is 0 Å². The van der Waals surface area contributed by atoms with Crippen LogP contribution in [0.5, 0.6) is 0 Å². The first kappa shape index (κ1) is 10.6. The lowest BCUT2D eigenvalue weighted by atomic mass is 9.82. The summed E-state index contributed by atoms with van der Waals surface area (Å²) in [5.41, 5.74) is -1.05. The van der Waals surface area contributed by atoms with Crippen molar-refractivity contribution in [2.75, 3.05) is 0 Å². The van der Waals surface area contributed by atoms with Crippen LogP contribution in [0.3, 0.4) is 0 Å². The first-order chi connectivity index (χ1) is 4.80. The fraction of sp³-hybridized carbons (Fsp3) is 0.875. The van der Waals surface area contributed by atoms with Gasteiger partial charge in [-0.05, 0) is 13.8 Å². The summed E-state index contributed by atoms with van der Waals surface area (Å²) in [6, 6.07) is 0. The molecule has 0 aromatic rings. The van der Waals surface area contributed by atoms with E-state index in [2.05, 4.69) is 0 Å². The van der Waals surface area contributed by atoms with E-state index in [9.17, 15) is 4.79 Å². The highest BCUT2D eigenvalue weighted by molar-refractivity contribution is 5.86. The summed E-state index contributed by atoms with van der Waals surface area (Å²) in [4.78, 5) is 11.3. The van der Waals surface area contributed by atoms with Crippen LogP contribution >= 0.6 is 0 Å². The molecular weight excluding hydrogens is 144 g/mol. The standard InChI is InChI=1S/C8H16O3/c1-5(2)6(9)8(3,4)7(10)11/h5,7,10-11H,1-4H3. The van der Waals surface area contributed by atoms with Gasteiger partial charge in [0.25, 0.3) is 0 Å². The second-order valence-electron chi connectivity index (χ2n) is 3.61. The van der Waals surface area contributed by atoms with Crippen molar-refractivity contribution in [2.45, 2.75) is 34.0 Å². The first-order valence-corrected chi connectivity index (χ1v) is 3.70. The molecule has 3 nitrogen and oxygen atoms in total. The largest absolute Gasteiger partial charge is 0.367 e. The van der Waals surface area contributed by atoms with Crippen LogP contribution in [-0.2, 0) is 4.79 Å². The number of Topliss-reactive ketones (excluding diaryl/α,β-unsaturated/α-hetero) is 1. The highest BCUT2D eigenvalue weighted by Gasteiger charge is 2.35. The third kappa shape index (κ3) is 2.27. The van der Waals surface area contributed by atoms with Gasteiger partial charge >= 0.3 is 0 Å². The van der Waals surface area contributed by atoms with Crippen LogP contribution in [-0.4, -0.2) is 22.3 Å². The zero-order valence-corrected chi connectivity index (χ0v) is 7.46. The van der Waals surface area contributed by atoms with E-state index < -0.39 is 11.7 Å². The Hall–Kier alpha value is -0.410. The Morgan fingerprint density at radius 1 is 1.27 bits per heavy atom. The molecule has 0 unspecified atom stereocenters. The zero-order chi connectivity index (χ0) is 9.23. The van der Waals surface area contributed by atoms with Crippen LogP contribution in [0.1, 0.15) is 27.7 Å². The minimum absolute atomic E-state index is 0.132. The third-order valence-electron chi connectivity index (χ3n) is 1.80. The number of hydrogen-bond donors (Lipinski definition) is 2. The molecule has 0 spiro atoms. The van der Waals surface area contributed by atoms with E-state index in [0.717, 1.165) is 0 Å². The lowest BCUT2D eigenvalue weighted by molar-refractivity contribution is -0.158. The molecular formula is C8H16O3. The second kappa shape index (κ2) is 3.32. The average molecular weight is 160 g/mol. The normalized spacial score (nSPS) is 12.7. The maximum absolute atomic E-state index is 11.3. The molecule has 66 valence electrons. The smallest absolute Gasteiger partial charge is 0.163 e. The van der Waals surface area contributed by atoms with Crippen LogP contribution < -0.4 is 0 Å². The molecule has 2 N–H and O–H groups in total. The van der Waals surface area contributed by atoms with E-state index >= 15 is 0 Å². The summed E-state index contributed by atoms with van der Waals surface area (Å²) in [7, 11) is 0. The number of hydrogen-bond acceptors (Lipinski definition) is 3. The molecule has 0 heterocycles. The predicted molar refractivity (Wildman–Crippen MR) is 41.9 cm³/mol. The van der Waals surface area contributed by atoms with Crippen LogP contribution in [0, 0.1) is 11.3 Å². The van der Waals surface area contributed by atoms with Crippen molar-refractivity contribution in [3.8, 4) is 0 Å². The van der Waals surface area contributed by atoms with Crippen molar-refractivity contribution >= 4 is 5.78 Å². The summed E-state index contributed by atoms with van der Waals surface area (Å²) < 4.78 is 0. The topological polar surface area (TPSA) is 57.5 Å². The van der Waals surface area contributed by atoms with Gasteiger partial charge in [0.1, 0.15) is 5.78 Å². The Balaban J connectivity index is 4.43. The number of rotatable bonds is 3. The molecule has 0 fully saturated rings. The van der Waals surface area contributed by atoms with E-state index in [1.165, 1.54) is 13.8 Å². The van der Waals surface area contributed by atoms with E-state index in [1.54, 1.807) is 13.8 Å². The van der Waals surface area contributed by atoms with E-state index in [1.807, 2.05) is 0 Å². The number of carbonyl (C=O) groups is 1. The molecule has 0 saturated carbocycles. The van der Waals surface area contributed by atoms with Crippen molar-refractivity contribution < 1.29 is 15.0 Å². The summed E-state index contributed by atoms with van der Waals surface area (Å²) >= 11 is 0. The Kier molecular flexibility index (Phi) is 3.20. The highest BCUT2D eigenvalue weighted by Crippen LogP contribution is 2.24. The van der Waals surface area contributed by atoms with Crippen molar-refractivity contribution in [1.82, 2.24) is 0 Å². The maximum atomic E-state index is 11.3. The quantitative estimate of drug-likeness (QED) is 0.593. The Labute approximate surface area is 67.0 Å². The summed E-state index contributed by atoms with van der Waals surface area (Å²) in [5.74, 6) is -0.292. The molecule has 0 rings (SSSR count). The fourth-order valence-electron chi connectivity index (χ4n) is 0.871. The molecule has 0 amide bonds. The van der Waals surface area contributed by atoms with Crippen LogP contribution in [0.15, 0.2) is 0 Å². The molecule has 0 atom stereocenters. The molecule has 0 radical (unpaired) electrons. The predicted octanol–water partition coefficient (Wildman–Crippen LogP) is 0.548. The van der Waals surface area contributed by atoms with Gasteiger partial charge < -0.3 is 10.2 Å². The highest BCUT2D eigenvalue weighted by atomic mass is 16.5. The monoisotopic (exact) mass is 160 g/mol. The lowest BCUT2D eigenvalue weighted by Crippen LogP contribution is -2.39. The van der Waals surface area contributed by atoms with Crippen molar-refractivity contribution in [3.63, 3.8) is 0 Å². The SMILES string of the molecule is CC(C)C(=O)C(C)(C)C(O)O. The van der Waals surface area contributed by atoms with Crippen molar-refractivity contribution in [3.05, 3.63) is 0 Å². The second-order valence-corrected chi connectivity index (χ2v) is 3.61. The Morgan fingerprint density at radius 2 is 1.64 bits per heavy atom. The van der Waals surface area contributed by atoms with E-state index in [4.69, 9.17) is 10.2 Å². The van der Waals surface area contributed by atoms with Crippen molar-refractivity contribution in [2.24, 2.45) is 11.3 Å². The number of ketones is 1. The van der Waals surface area contributed by atoms with E-state index in [-0.39, 0.29) is 11.7 Å². The molecule has 0 aliphatic rings. The van der Waals surface area contributed by atoms with Crippen LogP contribution in [0.2, 0.25) is 0 Å². The van der Waals surface area contributed by atoms with Gasteiger partial charge in [-0.15, -0.1) is 0 Å². The maximum Gasteiger partial charge on any atom is 0.163 e. The van der Waals surface area contributed by atoms with Gasteiger partial charge in [-0.3, -0.25) is 4.79 Å². The summed E-state index contributed by atoms with van der Waals surface area (Å²) in [6.07, 6.45) is -1.57. The first-order valence-electron chi connectivity index (χ1n) is 3.70. The van der Waals surface area contributed by atoms with E-state index in [0.29, 0.717) is 0 Å². The van der Waals surface area contributed by atoms with Gasteiger partial charge in [-0.1, -0.05) is 13.8 Å². The lowest BCUT2D eigenvalue weighted by Gasteiger charge is -2.26. The molecule has 0 bridgehead atoms. The summed E-state index contributed by atoms with van der Waals surface area (Å²) in [5, 5.41) is 17.7. The fourth-order valence-corrected chi connectivity index (χ4v) is 0.871. The molecule has 0 saturated heterocycles. The van der Waals surface area contributed by atoms with Gasteiger partial charge in [0.05, 0.1) is 5.41 Å². The number of aliphatic hydroxyl groups excluding tert-OH is 1. The third-order valence-corrected chi connectivity index (χ3v) is 1.80. The molecule has 11 heavy (non-hydrogen) atoms. The zero-order valence-electron chi connectivity index (χ0n) is 7.46. The van der Waals surface area contributed by atoms with Crippen molar-refractivity contribution in [1.29, 1.82) is 0 Å². The molecule has 0 aliphatic heterocycles. The van der Waals surface area contributed by atoms with Gasteiger partial charge in [0, 0.05) is 5.92 Å². The van der Waals surface area contributed by atoms with Gasteiger partial charge in [0.15, 0.2) is 6.29 Å². The van der Waals surface area contributed by atoms with Gasteiger partial charge in [0.2, 0.25) is 0 Å². The van der Waals surface area contributed by atoms with Gasteiger partial charge in [-0.2, -0.15) is 0 Å². The molecule has 3 heteroatoms. The summed E-state index contributed by atoms with van der Waals surface area (Å²) in [6.45, 7) is 6.54. The van der Waals surface area contributed by atoms with Crippen LogP contribution in [0.4, 0.5) is 0 Å². The molecule has 0 aromatic carbocycles. The number of carbonyl (C=O) groups excluding carboxylic acids is 1. The Bertz CT molecular complexity index is 147. The Morgan fingerprint density at radius 3 is 1.73 bits per heavy atom. The average Bonchev–Trinajstić information content (AvgIpc) is 1.85. The molecule has 0 aromatic heterocycles.